The van der Waals surface area contributed by atoms with E-state index in [-0.39, 0.29) is 17.5 Å². The van der Waals surface area contributed by atoms with E-state index in [0.29, 0.717) is 16.8 Å². The number of rotatable bonds is 5. The molecule has 1 aliphatic heterocycles. The van der Waals surface area contributed by atoms with Crippen LogP contribution in [0.4, 0.5) is 10.5 Å². The molecule has 2 fully saturated rings. The smallest absolute Gasteiger partial charge is 0.319 e. The van der Waals surface area contributed by atoms with E-state index in [1.807, 2.05) is 18.2 Å². The summed E-state index contributed by atoms with van der Waals surface area (Å²) in [5.74, 6) is 1.52. The number of carbonyl (C=O) groups excluding carboxylic acids is 1. The van der Waals surface area contributed by atoms with Crippen molar-refractivity contribution in [2.24, 2.45) is 0 Å². The molecule has 6 nitrogen and oxygen atoms in total. The number of urea groups is 1. The lowest BCUT2D eigenvalue weighted by Gasteiger charge is -2.45. The lowest BCUT2D eigenvalue weighted by atomic mass is 9.65. The fraction of sp³-hybridized carbons (Fsp3) is 0.458. The fourth-order valence-corrected chi connectivity index (χ4v) is 5.50. The first-order valence-corrected chi connectivity index (χ1v) is 11.1. The second kappa shape index (κ2) is 8.97. The van der Waals surface area contributed by atoms with Crippen LogP contribution in [0.25, 0.3) is 0 Å². The number of anilines is 1. The summed E-state index contributed by atoms with van der Waals surface area (Å²) >= 11 is 6.02. The predicted molar refractivity (Wildman–Crippen MR) is 124 cm³/mol. The SMILES string of the molecule is COc1ccc([C@@]23CC[C@H](NC(=O)Nc4cccc(Cl)c4)C[C@H]2N(C)CC3)cc1OC. The summed E-state index contributed by atoms with van der Waals surface area (Å²) in [5, 5.41) is 6.66. The number of nitrogens with one attached hydrogen (secondary N) is 2. The number of amides is 2. The van der Waals surface area contributed by atoms with Gasteiger partial charge in [-0.05, 0) is 75.2 Å². The van der Waals surface area contributed by atoms with Crippen LogP contribution in [-0.4, -0.2) is 50.8 Å². The monoisotopic (exact) mass is 443 g/mol. The molecule has 2 N–H and O–H groups in total. The first-order chi connectivity index (χ1) is 14.9. The van der Waals surface area contributed by atoms with Crippen LogP contribution in [0.1, 0.15) is 31.2 Å². The van der Waals surface area contributed by atoms with Crippen molar-refractivity contribution in [3.8, 4) is 11.5 Å². The van der Waals surface area contributed by atoms with Gasteiger partial charge in [0.05, 0.1) is 14.2 Å². The summed E-state index contributed by atoms with van der Waals surface area (Å²) in [6.45, 7) is 1.04. The largest absolute Gasteiger partial charge is 0.493 e. The number of nitrogens with zero attached hydrogens (tertiary/aromatic N) is 1. The average Bonchev–Trinajstić information content (AvgIpc) is 3.10. The highest BCUT2D eigenvalue weighted by Gasteiger charge is 2.50. The van der Waals surface area contributed by atoms with Crippen molar-refractivity contribution in [3.63, 3.8) is 0 Å². The molecule has 2 amide bonds. The molecular weight excluding hydrogens is 414 g/mol. The third kappa shape index (κ3) is 4.32. The molecule has 1 saturated heterocycles. The van der Waals surface area contributed by atoms with Crippen LogP contribution in [-0.2, 0) is 5.41 Å². The Morgan fingerprint density at radius 2 is 1.94 bits per heavy atom. The first-order valence-electron chi connectivity index (χ1n) is 10.7. The molecule has 0 spiro atoms. The van der Waals surface area contributed by atoms with Gasteiger partial charge in [0, 0.05) is 28.2 Å². The highest BCUT2D eigenvalue weighted by Crippen LogP contribution is 2.49. The Balaban J connectivity index is 1.48. The molecule has 166 valence electrons. The van der Waals surface area contributed by atoms with E-state index in [9.17, 15) is 4.79 Å². The van der Waals surface area contributed by atoms with Crippen LogP contribution in [0.15, 0.2) is 42.5 Å². The van der Waals surface area contributed by atoms with Gasteiger partial charge < -0.3 is 25.0 Å². The molecule has 0 unspecified atom stereocenters. The van der Waals surface area contributed by atoms with Gasteiger partial charge in [-0.3, -0.25) is 0 Å². The maximum Gasteiger partial charge on any atom is 0.319 e. The lowest BCUT2D eigenvalue weighted by molar-refractivity contribution is 0.156. The van der Waals surface area contributed by atoms with Crippen LogP contribution in [0.5, 0.6) is 11.5 Å². The van der Waals surface area contributed by atoms with Crippen LogP contribution >= 0.6 is 11.6 Å². The van der Waals surface area contributed by atoms with Gasteiger partial charge >= 0.3 is 6.03 Å². The number of methoxy groups -OCH3 is 2. The van der Waals surface area contributed by atoms with E-state index in [1.165, 1.54) is 5.56 Å². The van der Waals surface area contributed by atoms with E-state index in [1.54, 1.807) is 26.4 Å². The summed E-state index contributed by atoms with van der Waals surface area (Å²) in [4.78, 5) is 15.0. The minimum atomic E-state index is -0.188. The van der Waals surface area contributed by atoms with Crippen molar-refractivity contribution < 1.29 is 14.3 Å². The third-order valence-electron chi connectivity index (χ3n) is 6.90. The number of fused-ring (bicyclic) bond motifs is 1. The molecule has 0 radical (unpaired) electrons. The van der Waals surface area contributed by atoms with Crippen molar-refractivity contribution in [1.82, 2.24) is 10.2 Å². The van der Waals surface area contributed by atoms with Crippen molar-refractivity contribution in [1.29, 1.82) is 0 Å². The highest BCUT2D eigenvalue weighted by atomic mass is 35.5. The van der Waals surface area contributed by atoms with E-state index < -0.39 is 0 Å². The second-order valence-electron chi connectivity index (χ2n) is 8.55. The molecule has 0 bridgehead atoms. The van der Waals surface area contributed by atoms with Crippen LogP contribution in [0, 0.1) is 0 Å². The van der Waals surface area contributed by atoms with Gasteiger partial charge in [0.1, 0.15) is 0 Å². The summed E-state index contributed by atoms with van der Waals surface area (Å²) in [6.07, 6.45) is 3.96. The Hall–Kier alpha value is -2.44. The molecule has 2 aromatic rings. The first kappa shape index (κ1) is 21.8. The normalized spacial score (nSPS) is 25.5. The Morgan fingerprint density at radius 1 is 1.13 bits per heavy atom. The van der Waals surface area contributed by atoms with Crippen molar-refractivity contribution in [3.05, 3.63) is 53.1 Å². The number of likely N-dealkylation sites (N-methyl/N-ethyl adjacent to an activating group) is 1. The zero-order valence-electron chi connectivity index (χ0n) is 18.3. The molecular formula is C24H30ClN3O3. The third-order valence-corrected chi connectivity index (χ3v) is 7.14. The molecule has 1 saturated carbocycles. The summed E-state index contributed by atoms with van der Waals surface area (Å²) < 4.78 is 11.0. The minimum absolute atomic E-state index is 0.0654. The van der Waals surface area contributed by atoms with Gasteiger partial charge in [0.2, 0.25) is 0 Å². The zero-order valence-corrected chi connectivity index (χ0v) is 19.0. The van der Waals surface area contributed by atoms with E-state index in [0.717, 1.165) is 43.7 Å². The molecule has 2 aromatic carbocycles. The predicted octanol–water partition coefficient (Wildman–Crippen LogP) is 4.67. The van der Waals surface area contributed by atoms with Gasteiger partial charge in [0.15, 0.2) is 11.5 Å². The topological polar surface area (TPSA) is 62.8 Å². The molecule has 4 rings (SSSR count). The highest BCUT2D eigenvalue weighted by molar-refractivity contribution is 6.30. The standard InChI is InChI=1S/C24H30ClN3O3/c1-28-12-11-24(16-7-8-20(30-2)21(13-16)31-3)10-9-19(15-22(24)28)27-23(29)26-18-6-4-5-17(25)14-18/h4-8,13-14,19,22H,9-12,15H2,1-3H3,(H2,26,27,29)/t19-,22+,24-/m0/s1. The molecule has 31 heavy (non-hydrogen) atoms. The summed E-state index contributed by atoms with van der Waals surface area (Å²) in [5.41, 5.74) is 2.05. The average molecular weight is 444 g/mol. The molecule has 1 aliphatic carbocycles. The summed E-state index contributed by atoms with van der Waals surface area (Å²) in [6, 6.07) is 13.8. The number of carbonyl (C=O) groups is 1. The minimum Gasteiger partial charge on any atom is -0.493 e. The van der Waals surface area contributed by atoms with Gasteiger partial charge in [-0.2, -0.15) is 0 Å². The molecule has 2 aliphatic rings. The second-order valence-corrected chi connectivity index (χ2v) is 8.99. The van der Waals surface area contributed by atoms with Gasteiger partial charge in [-0.25, -0.2) is 4.79 Å². The fourth-order valence-electron chi connectivity index (χ4n) is 5.31. The van der Waals surface area contributed by atoms with E-state index in [4.69, 9.17) is 21.1 Å². The molecule has 1 heterocycles. The van der Waals surface area contributed by atoms with Crippen molar-refractivity contribution >= 4 is 23.3 Å². The van der Waals surface area contributed by atoms with Crippen LogP contribution < -0.4 is 20.1 Å². The molecule has 3 atom stereocenters. The number of hydrogen-bond donors (Lipinski definition) is 2. The number of benzene rings is 2. The Kier molecular flexibility index (Phi) is 6.30. The molecule has 7 heteroatoms. The maximum atomic E-state index is 12.6. The Labute approximate surface area is 188 Å². The number of halogens is 1. The maximum absolute atomic E-state index is 12.6. The van der Waals surface area contributed by atoms with E-state index in [2.05, 4.69) is 34.7 Å². The Bertz CT molecular complexity index is 953. The Morgan fingerprint density at radius 3 is 2.68 bits per heavy atom. The zero-order chi connectivity index (χ0) is 22.0. The number of ether oxygens (including phenoxy) is 2. The number of hydrogen-bond acceptors (Lipinski definition) is 4. The van der Waals surface area contributed by atoms with E-state index >= 15 is 0 Å². The van der Waals surface area contributed by atoms with Crippen LogP contribution in [0.2, 0.25) is 5.02 Å². The quantitative estimate of drug-likeness (QED) is 0.704. The van der Waals surface area contributed by atoms with Gasteiger partial charge in [-0.15, -0.1) is 0 Å². The van der Waals surface area contributed by atoms with Crippen molar-refractivity contribution in [2.45, 2.75) is 43.2 Å². The van der Waals surface area contributed by atoms with Gasteiger partial charge in [-0.1, -0.05) is 23.7 Å². The van der Waals surface area contributed by atoms with Crippen molar-refractivity contribution in [2.75, 3.05) is 33.1 Å². The van der Waals surface area contributed by atoms with Gasteiger partial charge in [0.25, 0.3) is 0 Å². The van der Waals surface area contributed by atoms with Crippen LogP contribution in [0.3, 0.4) is 0 Å². The molecule has 0 aromatic heterocycles. The number of likely N-dealkylation sites (tertiary alicyclic amines) is 1. The summed E-state index contributed by atoms with van der Waals surface area (Å²) in [7, 11) is 5.52. The lowest BCUT2D eigenvalue weighted by Crippen LogP contribution is -2.52.